The normalized spacial score (nSPS) is 14.9. The molecule has 0 fully saturated rings. The standard InChI is InChI=1S/C12H19N3O/c1-3-10-9-5-6-13-7-11(9)15-12(14-10)8-16-4-2/h13H,3-8H2,1-2H3. The molecule has 0 spiro atoms. The lowest BCUT2D eigenvalue weighted by Crippen LogP contribution is -2.27. The first kappa shape index (κ1) is 11.5. The third-order valence-electron chi connectivity index (χ3n) is 2.84. The lowest BCUT2D eigenvalue weighted by Gasteiger charge is -2.19. The zero-order valence-corrected chi connectivity index (χ0v) is 10.0. The number of ether oxygens (including phenoxy) is 1. The van der Waals surface area contributed by atoms with Crippen molar-refractivity contribution in [3.05, 3.63) is 22.8 Å². The Hall–Kier alpha value is -1.00. The van der Waals surface area contributed by atoms with Gasteiger partial charge in [0, 0.05) is 18.8 Å². The summed E-state index contributed by atoms with van der Waals surface area (Å²) in [6.45, 7) is 7.27. The van der Waals surface area contributed by atoms with Crippen LogP contribution in [0.4, 0.5) is 0 Å². The number of fused-ring (bicyclic) bond motifs is 1. The number of rotatable bonds is 4. The molecule has 1 aromatic heterocycles. The molecule has 2 rings (SSSR count). The monoisotopic (exact) mass is 221 g/mol. The number of nitrogens with one attached hydrogen (secondary N) is 1. The molecule has 0 saturated heterocycles. The van der Waals surface area contributed by atoms with Crippen LogP contribution in [0.1, 0.15) is 36.6 Å². The quantitative estimate of drug-likeness (QED) is 0.830. The van der Waals surface area contributed by atoms with E-state index in [0.717, 1.165) is 37.4 Å². The zero-order chi connectivity index (χ0) is 11.4. The summed E-state index contributed by atoms with van der Waals surface area (Å²) < 4.78 is 5.36. The maximum atomic E-state index is 5.36. The number of hydrogen-bond donors (Lipinski definition) is 1. The lowest BCUT2D eigenvalue weighted by molar-refractivity contribution is 0.128. The average Bonchev–Trinajstić information content (AvgIpc) is 2.35. The van der Waals surface area contributed by atoms with E-state index in [2.05, 4.69) is 22.2 Å². The largest absolute Gasteiger partial charge is 0.374 e. The topological polar surface area (TPSA) is 47.0 Å². The van der Waals surface area contributed by atoms with Crippen molar-refractivity contribution in [2.75, 3.05) is 13.2 Å². The summed E-state index contributed by atoms with van der Waals surface area (Å²) in [5.41, 5.74) is 3.70. The van der Waals surface area contributed by atoms with Crippen molar-refractivity contribution < 1.29 is 4.74 Å². The summed E-state index contributed by atoms with van der Waals surface area (Å²) in [6, 6.07) is 0. The smallest absolute Gasteiger partial charge is 0.154 e. The molecule has 88 valence electrons. The fraction of sp³-hybridized carbons (Fsp3) is 0.667. The van der Waals surface area contributed by atoms with Gasteiger partial charge in [-0.2, -0.15) is 0 Å². The summed E-state index contributed by atoms with van der Waals surface area (Å²) in [5.74, 6) is 0.821. The predicted molar refractivity (Wildman–Crippen MR) is 62.2 cm³/mol. The molecule has 0 aliphatic carbocycles. The highest BCUT2D eigenvalue weighted by atomic mass is 16.5. The van der Waals surface area contributed by atoms with E-state index in [1.54, 1.807) is 0 Å². The van der Waals surface area contributed by atoms with Gasteiger partial charge in [-0.05, 0) is 31.9 Å². The molecule has 4 heteroatoms. The van der Waals surface area contributed by atoms with Gasteiger partial charge in [0.2, 0.25) is 0 Å². The van der Waals surface area contributed by atoms with Gasteiger partial charge in [0.05, 0.1) is 5.69 Å². The van der Waals surface area contributed by atoms with Crippen LogP contribution in [0.25, 0.3) is 0 Å². The molecule has 0 saturated carbocycles. The minimum absolute atomic E-state index is 0.525. The van der Waals surface area contributed by atoms with Crippen LogP contribution in [-0.4, -0.2) is 23.1 Å². The first-order chi connectivity index (χ1) is 7.85. The van der Waals surface area contributed by atoms with E-state index in [4.69, 9.17) is 4.74 Å². The maximum absolute atomic E-state index is 5.36. The Kier molecular flexibility index (Phi) is 3.85. The van der Waals surface area contributed by atoms with Crippen molar-refractivity contribution in [3.8, 4) is 0 Å². The molecular weight excluding hydrogens is 202 g/mol. The van der Waals surface area contributed by atoms with Crippen LogP contribution < -0.4 is 5.32 Å². The average molecular weight is 221 g/mol. The Balaban J connectivity index is 2.28. The Bertz CT molecular complexity index is 348. The molecule has 1 N–H and O–H groups in total. The van der Waals surface area contributed by atoms with Crippen LogP contribution in [0.15, 0.2) is 0 Å². The van der Waals surface area contributed by atoms with E-state index in [1.165, 1.54) is 11.3 Å². The Morgan fingerprint density at radius 3 is 2.94 bits per heavy atom. The second kappa shape index (κ2) is 5.37. The van der Waals surface area contributed by atoms with E-state index < -0.39 is 0 Å². The third-order valence-corrected chi connectivity index (χ3v) is 2.84. The second-order valence-electron chi connectivity index (χ2n) is 3.93. The van der Waals surface area contributed by atoms with Crippen LogP contribution in [-0.2, 0) is 30.7 Å². The zero-order valence-electron chi connectivity index (χ0n) is 10.0. The molecule has 0 bridgehead atoms. The highest BCUT2D eigenvalue weighted by molar-refractivity contribution is 5.28. The molecule has 1 aliphatic rings. The van der Waals surface area contributed by atoms with E-state index in [9.17, 15) is 0 Å². The van der Waals surface area contributed by atoms with Crippen LogP contribution in [0.5, 0.6) is 0 Å². The van der Waals surface area contributed by atoms with Crippen LogP contribution in [0.2, 0.25) is 0 Å². The lowest BCUT2D eigenvalue weighted by atomic mass is 10.0. The molecule has 0 unspecified atom stereocenters. The SMILES string of the molecule is CCOCc1nc(CC)c2c(n1)CNCC2. The van der Waals surface area contributed by atoms with Crippen molar-refractivity contribution in [1.29, 1.82) is 0 Å². The van der Waals surface area contributed by atoms with Crippen molar-refractivity contribution in [2.45, 2.75) is 39.8 Å². The molecule has 0 radical (unpaired) electrons. The molecule has 1 aliphatic heterocycles. The first-order valence-corrected chi connectivity index (χ1v) is 6.01. The third kappa shape index (κ3) is 2.39. The summed E-state index contributed by atoms with van der Waals surface area (Å²) >= 11 is 0. The predicted octanol–water partition coefficient (Wildman–Crippen LogP) is 1.22. The van der Waals surface area contributed by atoms with Gasteiger partial charge in [-0.3, -0.25) is 0 Å². The summed E-state index contributed by atoms with van der Waals surface area (Å²) in [6.07, 6.45) is 2.03. The minimum atomic E-state index is 0.525. The maximum Gasteiger partial charge on any atom is 0.154 e. The molecule has 4 nitrogen and oxygen atoms in total. The van der Waals surface area contributed by atoms with Gasteiger partial charge in [0.1, 0.15) is 6.61 Å². The van der Waals surface area contributed by atoms with Crippen LogP contribution in [0.3, 0.4) is 0 Å². The van der Waals surface area contributed by atoms with Gasteiger partial charge >= 0.3 is 0 Å². The van der Waals surface area contributed by atoms with Gasteiger partial charge in [0.25, 0.3) is 0 Å². The van der Waals surface area contributed by atoms with Gasteiger partial charge in [-0.15, -0.1) is 0 Å². The highest BCUT2D eigenvalue weighted by Gasteiger charge is 2.16. The highest BCUT2D eigenvalue weighted by Crippen LogP contribution is 2.16. The summed E-state index contributed by atoms with van der Waals surface area (Å²) in [7, 11) is 0. The Morgan fingerprint density at radius 1 is 1.31 bits per heavy atom. The van der Waals surface area contributed by atoms with Crippen molar-refractivity contribution in [2.24, 2.45) is 0 Å². The Morgan fingerprint density at radius 2 is 2.19 bits per heavy atom. The van der Waals surface area contributed by atoms with E-state index in [-0.39, 0.29) is 0 Å². The molecule has 1 aromatic rings. The number of nitrogens with zero attached hydrogens (tertiary/aromatic N) is 2. The summed E-state index contributed by atoms with van der Waals surface area (Å²) in [5, 5.41) is 3.34. The van der Waals surface area contributed by atoms with E-state index in [1.807, 2.05) is 6.92 Å². The van der Waals surface area contributed by atoms with Gasteiger partial charge in [-0.1, -0.05) is 6.92 Å². The summed E-state index contributed by atoms with van der Waals surface area (Å²) in [4.78, 5) is 9.14. The minimum Gasteiger partial charge on any atom is -0.374 e. The van der Waals surface area contributed by atoms with Gasteiger partial charge in [0.15, 0.2) is 5.82 Å². The number of aromatic nitrogens is 2. The van der Waals surface area contributed by atoms with Gasteiger partial charge < -0.3 is 10.1 Å². The van der Waals surface area contributed by atoms with Gasteiger partial charge in [-0.25, -0.2) is 9.97 Å². The molecule has 16 heavy (non-hydrogen) atoms. The molecular formula is C12H19N3O. The fourth-order valence-electron chi connectivity index (χ4n) is 2.04. The Labute approximate surface area is 96.4 Å². The van der Waals surface area contributed by atoms with Crippen molar-refractivity contribution >= 4 is 0 Å². The van der Waals surface area contributed by atoms with Crippen molar-refractivity contribution in [1.82, 2.24) is 15.3 Å². The molecule has 0 atom stereocenters. The first-order valence-electron chi connectivity index (χ1n) is 6.01. The second-order valence-corrected chi connectivity index (χ2v) is 3.93. The number of hydrogen-bond acceptors (Lipinski definition) is 4. The number of aryl methyl sites for hydroxylation is 1. The van der Waals surface area contributed by atoms with E-state index in [0.29, 0.717) is 13.2 Å². The molecule has 0 aromatic carbocycles. The molecule has 0 amide bonds. The molecule has 2 heterocycles. The van der Waals surface area contributed by atoms with Crippen molar-refractivity contribution in [3.63, 3.8) is 0 Å². The van der Waals surface area contributed by atoms with Crippen LogP contribution in [0, 0.1) is 0 Å². The fourth-order valence-corrected chi connectivity index (χ4v) is 2.04. The van der Waals surface area contributed by atoms with E-state index >= 15 is 0 Å². The van der Waals surface area contributed by atoms with Crippen LogP contribution >= 0.6 is 0 Å².